The SMILES string of the molecule is CC[NH+](CC(=O)[O-])Cc1cccc(Cl)c1. The van der Waals surface area contributed by atoms with Gasteiger partial charge in [0.25, 0.3) is 0 Å². The average Bonchev–Trinajstić information content (AvgIpc) is 2.16. The van der Waals surface area contributed by atoms with Gasteiger partial charge >= 0.3 is 0 Å². The molecule has 0 fully saturated rings. The van der Waals surface area contributed by atoms with Gasteiger partial charge in [0.2, 0.25) is 0 Å². The van der Waals surface area contributed by atoms with Crippen LogP contribution in [0, 0.1) is 0 Å². The van der Waals surface area contributed by atoms with E-state index in [-0.39, 0.29) is 6.54 Å². The van der Waals surface area contributed by atoms with Crippen LogP contribution in [0.3, 0.4) is 0 Å². The Morgan fingerprint density at radius 1 is 1.53 bits per heavy atom. The number of likely N-dealkylation sites (N-methyl/N-ethyl adjacent to an activating group) is 1. The topological polar surface area (TPSA) is 44.6 Å². The van der Waals surface area contributed by atoms with Gasteiger partial charge in [-0.3, -0.25) is 0 Å². The van der Waals surface area contributed by atoms with Crippen molar-refractivity contribution in [3.05, 3.63) is 34.9 Å². The van der Waals surface area contributed by atoms with Gasteiger partial charge in [-0.25, -0.2) is 0 Å². The maximum absolute atomic E-state index is 10.5. The molecule has 1 unspecified atom stereocenters. The molecule has 0 bridgehead atoms. The van der Waals surface area contributed by atoms with Crippen molar-refractivity contribution in [1.82, 2.24) is 0 Å². The minimum Gasteiger partial charge on any atom is -0.544 e. The van der Waals surface area contributed by atoms with Crippen molar-refractivity contribution in [3.63, 3.8) is 0 Å². The Labute approximate surface area is 94.3 Å². The van der Waals surface area contributed by atoms with E-state index in [1.807, 2.05) is 25.1 Å². The largest absolute Gasteiger partial charge is 0.544 e. The molecular weight excluding hydrogens is 214 g/mol. The summed E-state index contributed by atoms with van der Waals surface area (Å²) in [5.41, 5.74) is 1.04. The molecule has 0 heterocycles. The number of nitrogens with one attached hydrogen (secondary N) is 1. The summed E-state index contributed by atoms with van der Waals surface area (Å²) in [7, 11) is 0. The maximum atomic E-state index is 10.5. The van der Waals surface area contributed by atoms with Crippen LogP contribution >= 0.6 is 11.6 Å². The van der Waals surface area contributed by atoms with E-state index in [4.69, 9.17) is 11.6 Å². The minimum absolute atomic E-state index is 0.0308. The molecule has 82 valence electrons. The molecule has 0 saturated heterocycles. The summed E-state index contributed by atoms with van der Waals surface area (Å²) < 4.78 is 0. The number of quaternary nitrogens is 1. The van der Waals surface area contributed by atoms with Crippen molar-refractivity contribution in [1.29, 1.82) is 0 Å². The number of benzene rings is 1. The molecule has 0 spiro atoms. The highest BCUT2D eigenvalue weighted by atomic mass is 35.5. The summed E-state index contributed by atoms with van der Waals surface area (Å²) in [4.78, 5) is 11.4. The lowest BCUT2D eigenvalue weighted by Crippen LogP contribution is -3.11. The zero-order valence-electron chi connectivity index (χ0n) is 8.63. The van der Waals surface area contributed by atoms with E-state index in [0.29, 0.717) is 11.6 Å². The zero-order chi connectivity index (χ0) is 11.3. The normalized spacial score (nSPS) is 12.4. The highest BCUT2D eigenvalue weighted by molar-refractivity contribution is 6.30. The van der Waals surface area contributed by atoms with Gasteiger partial charge in [0.05, 0.1) is 12.5 Å². The van der Waals surface area contributed by atoms with Crippen LogP contribution in [0.15, 0.2) is 24.3 Å². The number of halogens is 1. The first kappa shape index (κ1) is 12.0. The zero-order valence-corrected chi connectivity index (χ0v) is 9.38. The lowest BCUT2D eigenvalue weighted by atomic mass is 10.2. The van der Waals surface area contributed by atoms with E-state index < -0.39 is 5.97 Å². The van der Waals surface area contributed by atoms with Crippen LogP contribution in [-0.2, 0) is 11.3 Å². The Morgan fingerprint density at radius 3 is 2.80 bits per heavy atom. The molecule has 15 heavy (non-hydrogen) atoms. The fourth-order valence-corrected chi connectivity index (χ4v) is 1.67. The van der Waals surface area contributed by atoms with E-state index >= 15 is 0 Å². The lowest BCUT2D eigenvalue weighted by molar-refractivity contribution is -0.906. The highest BCUT2D eigenvalue weighted by Crippen LogP contribution is 2.09. The Morgan fingerprint density at radius 2 is 2.27 bits per heavy atom. The second-order valence-electron chi connectivity index (χ2n) is 3.46. The van der Waals surface area contributed by atoms with Crippen LogP contribution in [-0.4, -0.2) is 19.1 Å². The predicted octanol–water partition coefficient (Wildman–Crippen LogP) is -0.505. The summed E-state index contributed by atoms with van der Waals surface area (Å²) >= 11 is 5.84. The van der Waals surface area contributed by atoms with Crippen LogP contribution < -0.4 is 10.0 Å². The predicted molar refractivity (Wildman–Crippen MR) is 56.5 cm³/mol. The smallest absolute Gasteiger partial charge is 0.118 e. The van der Waals surface area contributed by atoms with Crippen LogP contribution in [0.4, 0.5) is 0 Å². The monoisotopic (exact) mass is 227 g/mol. The van der Waals surface area contributed by atoms with Crippen molar-refractivity contribution < 1.29 is 14.8 Å². The van der Waals surface area contributed by atoms with Crippen molar-refractivity contribution >= 4 is 17.6 Å². The fourth-order valence-electron chi connectivity index (χ4n) is 1.45. The molecule has 0 aliphatic heterocycles. The lowest BCUT2D eigenvalue weighted by Gasteiger charge is -2.18. The number of hydrogen-bond acceptors (Lipinski definition) is 2. The van der Waals surface area contributed by atoms with Gasteiger partial charge in [-0.15, -0.1) is 0 Å². The number of carboxylic acid groups (broad SMARTS) is 1. The third kappa shape index (κ3) is 4.32. The molecule has 1 atom stereocenters. The quantitative estimate of drug-likeness (QED) is 0.737. The number of aliphatic carboxylic acids is 1. The Balaban J connectivity index is 2.62. The number of carbonyl (C=O) groups is 1. The Kier molecular flexibility index (Phi) is 4.59. The molecule has 0 aliphatic rings. The third-order valence-electron chi connectivity index (χ3n) is 2.24. The van der Waals surface area contributed by atoms with Gasteiger partial charge < -0.3 is 14.8 Å². The average molecular weight is 228 g/mol. The van der Waals surface area contributed by atoms with E-state index in [9.17, 15) is 9.90 Å². The summed E-state index contributed by atoms with van der Waals surface area (Å²) in [5, 5.41) is 11.1. The number of rotatable bonds is 5. The third-order valence-corrected chi connectivity index (χ3v) is 2.47. The fraction of sp³-hybridized carbons (Fsp3) is 0.364. The molecule has 0 radical (unpaired) electrons. The van der Waals surface area contributed by atoms with Gasteiger partial charge in [0.1, 0.15) is 13.1 Å². The Hall–Kier alpha value is -1.06. The van der Waals surface area contributed by atoms with E-state index in [2.05, 4.69) is 0 Å². The second kappa shape index (κ2) is 5.73. The summed E-state index contributed by atoms with van der Waals surface area (Å²) in [6.07, 6.45) is 0. The van der Waals surface area contributed by atoms with Crippen LogP contribution in [0.2, 0.25) is 5.02 Å². The molecule has 0 amide bonds. The molecule has 3 nitrogen and oxygen atoms in total. The second-order valence-corrected chi connectivity index (χ2v) is 3.90. The van der Waals surface area contributed by atoms with E-state index in [1.165, 1.54) is 0 Å². The summed E-state index contributed by atoms with van der Waals surface area (Å²) in [6.45, 7) is 3.39. The molecule has 4 heteroatoms. The Bertz CT molecular complexity index is 341. The van der Waals surface area contributed by atoms with Crippen molar-refractivity contribution in [2.45, 2.75) is 13.5 Å². The van der Waals surface area contributed by atoms with Gasteiger partial charge in [0.15, 0.2) is 0 Å². The molecule has 0 saturated carbocycles. The van der Waals surface area contributed by atoms with E-state index in [0.717, 1.165) is 17.0 Å². The molecule has 0 aromatic heterocycles. The van der Waals surface area contributed by atoms with Crippen molar-refractivity contribution in [2.24, 2.45) is 0 Å². The molecule has 1 aromatic carbocycles. The first-order valence-corrected chi connectivity index (χ1v) is 5.27. The molecule has 0 aliphatic carbocycles. The van der Waals surface area contributed by atoms with Gasteiger partial charge in [-0.05, 0) is 19.1 Å². The van der Waals surface area contributed by atoms with Crippen molar-refractivity contribution in [2.75, 3.05) is 13.1 Å². The minimum atomic E-state index is -1.02. The van der Waals surface area contributed by atoms with Crippen LogP contribution in [0.1, 0.15) is 12.5 Å². The van der Waals surface area contributed by atoms with Crippen LogP contribution in [0.25, 0.3) is 0 Å². The number of carbonyl (C=O) groups excluding carboxylic acids is 1. The summed E-state index contributed by atoms with van der Waals surface area (Å²) in [5.74, 6) is -1.02. The standard InChI is InChI=1S/C11H14ClNO2/c1-2-13(8-11(14)15)7-9-4-3-5-10(12)6-9/h3-6H,2,7-8H2,1H3,(H,14,15). The van der Waals surface area contributed by atoms with Crippen molar-refractivity contribution in [3.8, 4) is 0 Å². The first-order valence-electron chi connectivity index (χ1n) is 4.89. The maximum Gasteiger partial charge on any atom is 0.118 e. The molecular formula is C11H14ClNO2. The molecule has 1 N–H and O–H groups in total. The molecule has 1 aromatic rings. The van der Waals surface area contributed by atoms with Gasteiger partial charge in [-0.1, -0.05) is 23.7 Å². The van der Waals surface area contributed by atoms with Crippen LogP contribution in [0.5, 0.6) is 0 Å². The number of carboxylic acids is 1. The molecule has 1 rings (SSSR count). The van der Waals surface area contributed by atoms with Gasteiger partial charge in [0, 0.05) is 10.6 Å². The summed E-state index contributed by atoms with van der Waals surface area (Å²) in [6, 6.07) is 7.46. The van der Waals surface area contributed by atoms with Gasteiger partial charge in [-0.2, -0.15) is 0 Å². The number of hydrogen-bond donors (Lipinski definition) is 1. The highest BCUT2D eigenvalue weighted by Gasteiger charge is 2.07. The van der Waals surface area contributed by atoms with E-state index in [1.54, 1.807) is 6.07 Å². The first-order chi connectivity index (χ1) is 7.11.